The summed E-state index contributed by atoms with van der Waals surface area (Å²) in [7, 11) is 0. The zero-order valence-corrected chi connectivity index (χ0v) is 11.2. The van der Waals surface area contributed by atoms with Gasteiger partial charge in [0.25, 0.3) is 0 Å². The molecule has 2 nitrogen and oxygen atoms in total. The second-order valence-corrected chi connectivity index (χ2v) is 6.05. The van der Waals surface area contributed by atoms with E-state index >= 15 is 0 Å². The number of rotatable bonds is 1. The number of hydrogen-bond acceptors (Lipinski definition) is 3. The van der Waals surface area contributed by atoms with E-state index in [0.29, 0.717) is 11.3 Å². The molecule has 90 valence electrons. The smallest absolute Gasteiger partial charge is 0.172 e. The van der Waals surface area contributed by atoms with Crippen LogP contribution >= 0.6 is 11.8 Å². The van der Waals surface area contributed by atoms with Crippen LogP contribution in [0.15, 0.2) is 0 Å². The highest BCUT2D eigenvalue weighted by molar-refractivity contribution is 8.03. The molecule has 0 N–H and O–H groups in total. The molecule has 0 aromatic heterocycles. The van der Waals surface area contributed by atoms with Crippen LogP contribution in [-0.2, 0) is 9.47 Å². The molecule has 1 aliphatic heterocycles. The Kier molecular flexibility index (Phi) is 3.53. The molecule has 2 rings (SSSR count). The molecule has 0 amide bonds. The van der Waals surface area contributed by atoms with Crippen LogP contribution in [0.3, 0.4) is 0 Å². The van der Waals surface area contributed by atoms with Gasteiger partial charge in [-0.15, -0.1) is 0 Å². The van der Waals surface area contributed by atoms with Crippen molar-refractivity contribution in [3.63, 3.8) is 0 Å². The zero-order valence-electron chi connectivity index (χ0n) is 10.3. The van der Waals surface area contributed by atoms with Crippen LogP contribution in [-0.4, -0.2) is 25.3 Å². The van der Waals surface area contributed by atoms with E-state index < -0.39 is 0 Å². The summed E-state index contributed by atoms with van der Waals surface area (Å²) in [5.74, 6) is 3.33. The van der Waals surface area contributed by atoms with Crippen LogP contribution < -0.4 is 0 Å². The molecule has 1 heterocycles. The van der Waals surface area contributed by atoms with E-state index in [0.717, 1.165) is 32.5 Å². The lowest BCUT2D eigenvalue weighted by molar-refractivity contribution is -0.183. The van der Waals surface area contributed by atoms with E-state index in [4.69, 9.17) is 9.47 Å². The molecule has 1 unspecified atom stereocenters. The molecule has 0 bridgehead atoms. The van der Waals surface area contributed by atoms with Gasteiger partial charge in [0.15, 0.2) is 5.79 Å². The fraction of sp³-hybridized carbons (Fsp3) is 0.846. The largest absolute Gasteiger partial charge is 0.347 e. The van der Waals surface area contributed by atoms with Crippen LogP contribution in [0, 0.1) is 22.5 Å². The van der Waals surface area contributed by atoms with Crippen molar-refractivity contribution in [2.24, 2.45) is 11.3 Å². The summed E-state index contributed by atoms with van der Waals surface area (Å²) < 4.78 is 11.8. The Labute approximate surface area is 102 Å². The summed E-state index contributed by atoms with van der Waals surface area (Å²) in [6.45, 7) is 6.06. The normalized spacial score (nSPS) is 30.3. The van der Waals surface area contributed by atoms with Crippen molar-refractivity contribution < 1.29 is 9.47 Å². The number of hydrogen-bond donors (Lipinski definition) is 0. The summed E-state index contributed by atoms with van der Waals surface area (Å²) in [6, 6.07) is 0. The van der Waals surface area contributed by atoms with Gasteiger partial charge in [-0.3, -0.25) is 0 Å². The van der Waals surface area contributed by atoms with Gasteiger partial charge in [0.05, 0.1) is 13.2 Å². The average Bonchev–Trinajstić information content (AvgIpc) is 2.74. The predicted molar refractivity (Wildman–Crippen MR) is 67.0 cm³/mol. The van der Waals surface area contributed by atoms with Gasteiger partial charge in [-0.1, -0.05) is 31.5 Å². The molecule has 3 heteroatoms. The van der Waals surface area contributed by atoms with Gasteiger partial charge < -0.3 is 9.47 Å². The molecular formula is C13H20O2S. The average molecular weight is 240 g/mol. The molecule has 1 saturated heterocycles. The van der Waals surface area contributed by atoms with E-state index in [1.165, 1.54) is 0 Å². The highest BCUT2D eigenvalue weighted by atomic mass is 32.2. The first-order valence-electron chi connectivity index (χ1n) is 5.87. The Morgan fingerprint density at radius 1 is 1.31 bits per heavy atom. The number of ether oxygens (including phenoxy) is 2. The van der Waals surface area contributed by atoms with Gasteiger partial charge in [0.2, 0.25) is 0 Å². The molecule has 1 aliphatic carbocycles. The van der Waals surface area contributed by atoms with Gasteiger partial charge in [-0.2, -0.15) is 0 Å². The van der Waals surface area contributed by atoms with Gasteiger partial charge in [-0.25, -0.2) is 0 Å². The topological polar surface area (TPSA) is 18.5 Å². The minimum absolute atomic E-state index is 0.316. The molecule has 1 saturated carbocycles. The molecule has 0 aromatic carbocycles. The first-order chi connectivity index (χ1) is 7.58. The van der Waals surface area contributed by atoms with Gasteiger partial charge in [0.1, 0.15) is 0 Å². The van der Waals surface area contributed by atoms with Crippen LogP contribution in [0.2, 0.25) is 0 Å². The van der Waals surface area contributed by atoms with E-state index in [2.05, 4.69) is 25.0 Å². The quantitative estimate of drug-likeness (QED) is 0.657. The Morgan fingerprint density at radius 2 is 2.00 bits per heavy atom. The lowest BCUT2D eigenvalue weighted by Crippen LogP contribution is -2.34. The standard InChI is InChI=1S/C13H20O2S/c1-12(2)9-11(5-4-8-16-3)13(10-12)14-6-7-15-13/h11H,5-7,9-10H2,1-3H3. The van der Waals surface area contributed by atoms with Crippen molar-refractivity contribution in [2.45, 2.75) is 38.9 Å². The third kappa shape index (κ3) is 2.40. The van der Waals surface area contributed by atoms with Gasteiger partial charge in [0, 0.05) is 18.8 Å². The van der Waals surface area contributed by atoms with E-state index in [9.17, 15) is 0 Å². The Hall–Kier alpha value is -0.170. The second kappa shape index (κ2) is 4.60. The van der Waals surface area contributed by atoms with Crippen molar-refractivity contribution in [2.75, 3.05) is 19.5 Å². The molecular weight excluding hydrogens is 220 g/mol. The summed E-state index contributed by atoms with van der Waals surface area (Å²) in [5, 5.41) is 3.06. The summed E-state index contributed by atoms with van der Waals surface area (Å²) in [6.07, 6.45) is 5.05. The lowest BCUT2D eigenvalue weighted by Gasteiger charge is -2.28. The maximum atomic E-state index is 5.88. The van der Waals surface area contributed by atoms with E-state index in [1.807, 2.05) is 6.26 Å². The van der Waals surface area contributed by atoms with Crippen LogP contribution in [0.5, 0.6) is 0 Å². The fourth-order valence-corrected chi connectivity index (χ4v) is 3.21. The van der Waals surface area contributed by atoms with Crippen molar-refractivity contribution in [3.8, 4) is 11.2 Å². The van der Waals surface area contributed by atoms with Crippen LogP contribution in [0.25, 0.3) is 0 Å². The molecule has 1 spiro atoms. The number of thioether (sulfide) groups is 1. The lowest BCUT2D eigenvalue weighted by atomic mass is 9.90. The highest BCUT2D eigenvalue weighted by Gasteiger charge is 2.54. The van der Waals surface area contributed by atoms with Gasteiger partial charge >= 0.3 is 0 Å². The first kappa shape index (κ1) is 12.3. The molecule has 1 atom stereocenters. The minimum atomic E-state index is -0.323. The maximum absolute atomic E-state index is 5.88. The fourth-order valence-electron chi connectivity index (χ4n) is 2.98. The molecule has 16 heavy (non-hydrogen) atoms. The van der Waals surface area contributed by atoms with E-state index in [-0.39, 0.29) is 5.79 Å². The third-order valence-corrected chi connectivity index (χ3v) is 3.79. The first-order valence-corrected chi connectivity index (χ1v) is 7.09. The van der Waals surface area contributed by atoms with Crippen molar-refractivity contribution in [1.29, 1.82) is 0 Å². The monoisotopic (exact) mass is 240 g/mol. The Morgan fingerprint density at radius 3 is 2.62 bits per heavy atom. The molecule has 2 aliphatic rings. The zero-order chi connectivity index (χ0) is 11.6. The maximum Gasteiger partial charge on any atom is 0.172 e. The SMILES string of the molecule is CSC#CCC1CC(C)(C)CC12OCCO2. The predicted octanol–water partition coefficient (Wildman–Crippen LogP) is 2.88. The van der Waals surface area contributed by atoms with Crippen LogP contribution in [0.1, 0.15) is 33.1 Å². The minimum Gasteiger partial charge on any atom is -0.347 e. The van der Waals surface area contributed by atoms with E-state index in [1.54, 1.807) is 11.8 Å². The molecule has 2 fully saturated rings. The van der Waals surface area contributed by atoms with Crippen molar-refractivity contribution >= 4 is 11.8 Å². The van der Waals surface area contributed by atoms with Gasteiger partial charge in [-0.05, 0) is 23.3 Å². The second-order valence-electron chi connectivity index (χ2n) is 5.44. The molecule has 0 aromatic rings. The molecule has 0 radical (unpaired) electrons. The summed E-state index contributed by atoms with van der Waals surface area (Å²) in [5.41, 5.74) is 0.316. The van der Waals surface area contributed by atoms with Crippen molar-refractivity contribution in [1.82, 2.24) is 0 Å². The Bertz CT molecular complexity index is 308. The van der Waals surface area contributed by atoms with Crippen molar-refractivity contribution in [3.05, 3.63) is 0 Å². The third-order valence-electron chi connectivity index (χ3n) is 3.44. The summed E-state index contributed by atoms with van der Waals surface area (Å²) in [4.78, 5) is 0. The Balaban J connectivity index is 2.09. The van der Waals surface area contributed by atoms with Crippen LogP contribution in [0.4, 0.5) is 0 Å². The summed E-state index contributed by atoms with van der Waals surface area (Å²) >= 11 is 1.57. The highest BCUT2D eigenvalue weighted by Crippen LogP contribution is 2.52.